The topological polar surface area (TPSA) is 95.7 Å². The molecule has 0 aromatic rings. The Morgan fingerprint density at radius 3 is 2.50 bits per heavy atom. The van der Waals surface area contributed by atoms with Gasteiger partial charge in [0.2, 0.25) is 0 Å². The van der Waals surface area contributed by atoms with Gasteiger partial charge >= 0.3 is 17.5 Å². The molecule has 0 N–H and O–H groups in total. The molecule has 0 aromatic heterocycles. The van der Waals surface area contributed by atoms with E-state index in [-0.39, 0.29) is 24.9 Å². The summed E-state index contributed by atoms with van der Waals surface area (Å²) in [5.74, 6) is -1.47. The number of methoxy groups -OCH3 is 1. The Morgan fingerprint density at radius 2 is 2.06 bits per heavy atom. The van der Waals surface area contributed by atoms with Crippen molar-refractivity contribution in [2.45, 2.75) is 31.7 Å². The minimum absolute atomic E-state index is 0.116. The Kier molecular flexibility index (Phi) is 2.79. The number of carbonyl (C=O) groups excluding carboxylic acids is 2. The van der Waals surface area contributed by atoms with Crippen LogP contribution in [0, 0.1) is 21.4 Å². The number of esters is 2. The van der Waals surface area contributed by atoms with Gasteiger partial charge < -0.3 is 9.47 Å². The van der Waals surface area contributed by atoms with E-state index >= 15 is 0 Å². The first-order chi connectivity index (χ1) is 8.43. The summed E-state index contributed by atoms with van der Waals surface area (Å²) in [5.41, 5.74) is -2.32. The van der Waals surface area contributed by atoms with Crippen LogP contribution in [0.1, 0.15) is 26.2 Å². The van der Waals surface area contributed by atoms with Gasteiger partial charge in [0.25, 0.3) is 0 Å². The highest BCUT2D eigenvalue weighted by Gasteiger charge is 2.87. The van der Waals surface area contributed by atoms with Crippen LogP contribution in [0.3, 0.4) is 0 Å². The normalized spacial score (nSPS) is 36.7. The first-order valence-corrected chi connectivity index (χ1v) is 5.83. The third-order valence-corrected chi connectivity index (χ3v) is 4.08. The zero-order valence-electron chi connectivity index (χ0n) is 10.3. The molecule has 2 aliphatic carbocycles. The second kappa shape index (κ2) is 3.93. The maximum Gasteiger partial charge on any atom is 0.385 e. The number of nitro groups is 1. The lowest BCUT2D eigenvalue weighted by atomic mass is 9.69. The van der Waals surface area contributed by atoms with Crippen molar-refractivity contribution in [3.8, 4) is 0 Å². The SMILES string of the molecule is CCOC(=O)C1([N+](=O)[O-])CC12CC(C(=O)OC)C2. The molecule has 2 saturated carbocycles. The van der Waals surface area contributed by atoms with E-state index in [0.717, 1.165) is 0 Å². The minimum Gasteiger partial charge on any atom is -0.469 e. The molecule has 100 valence electrons. The molecule has 1 unspecified atom stereocenters. The van der Waals surface area contributed by atoms with Gasteiger partial charge in [-0.2, -0.15) is 0 Å². The largest absolute Gasteiger partial charge is 0.469 e. The maximum absolute atomic E-state index is 11.7. The Bertz CT molecular complexity index is 414. The molecular formula is C11H15NO6. The second-order valence-corrected chi connectivity index (χ2v) is 4.92. The van der Waals surface area contributed by atoms with E-state index in [1.165, 1.54) is 7.11 Å². The molecule has 7 heteroatoms. The zero-order valence-corrected chi connectivity index (χ0v) is 10.3. The van der Waals surface area contributed by atoms with Crippen LogP contribution < -0.4 is 0 Å². The standard InChI is InChI=1S/C11H15NO6/c1-3-18-9(14)11(12(15)16)6-10(11)4-7(5-10)8(13)17-2/h7H,3-6H2,1-2H3. The van der Waals surface area contributed by atoms with E-state index in [1.54, 1.807) is 6.92 Å². The number of nitrogens with zero attached hydrogens (tertiary/aromatic N) is 1. The highest BCUT2D eigenvalue weighted by Crippen LogP contribution is 2.71. The zero-order chi connectivity index (χ0) is 13.6. The highest BCUT2D eigenvalue weighted by atomic mass is 16.6. The van der Waals surface area contributed by atoms with Crippen LogP contribution in [0.4, 0.5) is 0 Å². The van der Waals surface area contributed by atoms with Crippen molar-refractivity contribution in [1.82, 2.24) is 0 Å². The van der Waals surface area contributed by atoms with Gasteiger partial charge in [0, 0.05) is 11.3 Å². The van der Waals surface area contributed by atoms with E-state index in [4.69, 9.17) is 4.74 Å². The fourth-order valence-electron chi connectivity index (χ4n) is 3.02. The van der Waals surface area contributed by atoms with E-state index in [9.17, 15) is 19.7 Å². The van der Waals surface area contributed by atoms with Crippen molar-refractivity contribution in [3.05, 3.63) is 10.1 Å². The molecule has 0 aliphatic heterocycles. The molecule has 0 amide bonds. The molecular weight excluding hydrogens is 242 g/mol. The molecule has 2 aliphatic rings. The predicted molar refractivity (Wildman–Crippen MR) is 58.1 cm³/mol. The van der Waals surface area contributed by atoms with Crippen molar-refractivity contribution in [3.63, 3.8) is 0 Å². The van der Waals surface area contributed by atoms with Crippen LogP contribution in [0.25, 0.3) is 0 Å². The van der Waals surface area contributed by atoms with E-state index in [1.807, 2.05) is 0 Å². The van der Waals surface area contributed by atoms with Gasteiger partial charge in [-0.15, -0.1) is 0 Å². The molecule has 1 atom stereocenters. The Labute approximate surface area is 104 Å². The van der Waals surface area contributed by atoms with Crippen LogP contribution >= 0.6 is 0 Å². The summed E-state index contributed by atoms with van der Waals surface area (Å²) in [4.78, 5) is 33.6. The number of ether oxygens (including phenoxy) is 2. The summed E-state index contributed by atoms with van der Waals surface area (Å²) in [7, 11) is 1.28. The molecule has 2 fully saturated rings. The summed E-state index contributed by atoms with van der Waals surface area (Å²) in [6.45, 7) is 1.73. The van der Waals surface area contributed by atoms with Gasteiger partial charge in [0.15, 0.2) is 0 Å². The molecule has 18 heavy (non-hydrogen) atoms. The summed E-state index contributed by atoms with van der Waals surface area (Å²) >= 11 is 0. The number of hydrogen-bond acceptors (Lipinski definition) is 6. The molecule has 0 heterocycles. The van der Waals surface area contributed by atoms with Crippen molar-refractivity contribution < 1.29 is 24.0 Å². The van der Waals surface area contributed by atoms with Gasteiger partial charge in [-0.3, -0.25) is 14.9 Å². The van der Waals surface area contributed by atoms with Crippen LogP contribution in [0.2, 0.25) is 0 Å². The molecule has 0 radical (unpaired) electrons. The second-order valence-electron chi connectivity index (χ2n) is 4.92. The third-order valence-electron chi connectivity index (χ3n) is 4.08. The van der Waals surface area contributed by atoms with Crippen molar-refractivity contribution >= 4 is 11.9 Å². The molecule has 0 aromatic carbocycles. The lowest BCUT2D eigenvalue weighted by molar-refractivity contribution is -0.536. The molecule has 2 rings (SSSR count). The molecule has 1 spiro atoms. The quantitative estimate of drug-likeness (QED) is 0.414. The van der Waals surface area contributed by atoms with Crippen molar-refractivity contribution in [1.29, 1.82) is 0 Å². The first-order valence-electron chi connectivity index (χ1n) is 5.83. The molecule has 0 bridgehead atoms. The van der Waals surface area contributed by atoms with Gasteiger partial charge in [-0.25, -0.2) is 4.79 Å². The van der Waals surface area contributed by atoms with Gasteiger partial charge in [0.1, 0.15) is 0 Å². The van der Waals surface area contributed by atoms with Crippen LogP contribution in [0.15, 0.2) is 0 Å². The highest BCUT2D eigenvalue weighted by molar-refractivity contribution is 5.86. The smallest absolute Gasteiger partial charge is 0.385 e. The monoisotopic (exact) mass is 257 g/mol. The average Bonchev–Trinajstić information content (AvgIpc) is 2.98. The summed E-state index contributed by atoms with van der Waals surface area (Å²) in [6, 6.07) is 0. The van der Waals surface area contributed by atoms with Crippen LogP contribution in [0.5, 0.6) is 0 Å². The van der Waals surface area contributed by atoms with Gasteiger partial charge in [0.05, 0.1) is 25.0 Å². The van der Waals surface area contributed by atoms with Crippen molar-refractivity contribution in [2.24, 2.45) is 11.3 Å². The van der Waals surface area contributed by atoms with Crippen LogP contribution in [-0.4, -0.2) is 36.1 Å². The summed E-state index contributed by atoms with van der Waals surface area (Å²) in [5, 5.41) is 11.1. The van der Waals surface area contributed by atoms with Crippen LogP contribution in [-0.2, 0) is 19.1 Å². The number of rotatable bonds is 4. The Morgan fingerprint density at radius 1 is 1.44 bits per heavy atom. The maximum atomic E-state index is 11.7. The van der Waals surface area contributed by atoms with E-state index < -0.39 is 21.8 Å². The lowest BCUT2D eigenvalue weighted by Gasteiger charge is -2.33. The first kappa shape index (κ1) is 12.8. The fraction of sp³-hybridized carbons (Fsp3) is 0.818. The lowest BCUT2D eigenvalue weighted by Crippen LogP contribution is -2.46. The van der Waals surface area contributed by atoms with Gasteiger partial charge in [-0.05, 0) is 19.8 Å². The predicted octanol–water partition coefficient (Wildman–Crippen LogP) is 0.538. The summed E-state index contributed by atoms with van der Waals surface area (Å²) in [6.07, 6.45) is 0.832. The molecule has 0 saturated heterocycles. The fourth-order valence-corrected chi connectivity index (χ4v) is 3.02. The number of hydrogen-bond donors (Lipinski definition) is 0. The van der Waals surface area contributed by atoms with E-state index in [2.05, 4.69) is 4.74 Å². The van der Waals surface area contributed by atoms with Gasteiger partial charge in [-0.1, -0.05) is 0 Å². The van der Waals surface area contributed by atoms with Crippen molar-refractivity contribution in [2.75, 3.05) is 13.7 Å². The Balaban J connectivity index is 2.09. The average molecular weight is 257 g/mol. The van der Waals surface area contributed by atoms with E-state index in [0.29, 0.717) is 12.8 Å². The third kappa shape index (κ3) is 1.42. The molecule has 7 nitrogen and oxygen atoms in total. The number of carbonyl (C=O) groups is 2. The Hall–Kier alpha value is -1.66. The summed E-state index contributed by atoms with van der Waals surface area (Å²) < 4.78 is 9.37. The minimum atomic E-state index is -1.63.